The van der Waals surface area contributed by atoms with Crippen molar-refractivity contribution < 1.29 is 14.3 Å². The summed E-state index contributed by atoms with van der Waals surface area (Å²) in [5.74, 6) is -0.607. The number of aromatic amines is 1. The molecule has 0 fully saturated rings. The van der Waals surface area contributed by atoms with Gasteiger partial charge in [0.15, 0.2) is 0 Å². The van der Waals surface area contributed by atoms with Crippen LogP contribution >= 0.6 is 22.7 Å². The molecule has 3 heterocycles. The van der Waals surface area contributed by atoms with Crippen LogP contribution in [0.1, 0.15) is 32.4 Å². The van der Waals surface area contributed by atoms with E-state index in [0.717, 1.165) is 24.8 Å². The van der Waals surface area contributed by atoms with Gasteiger partial charge in [-0.15, -0.1) is 22.7 Å². The number of ether oxygens (including phenoxy) is 1. The summed E-state index contributed by atoms with van der Waals surface area (Å²) in [7, 11) is 0. The maximum atomic E-state index is 12.3. The molecular weight excluding hydrogens is 374 g/mol. The summed E-state index contributed by atoms with van der Waals surface area (Å²) in [5.41, 5.74) is 0.921. The first-order chi connectivity index (χ1) is 12.6. The Bertz CT molecular complexity index is 1040. The number of rotatable bonds is 5. The van der Waals surface area contributed by atoms with Gasteiger partial charge in [-0.1, -0.05) is 6.07 Å². The van der Waals surface area contributed by atoms with Gasteiger partial charge in [-0.3, -0.25) is 14.4 Å². The van der Waals surface area contributed by atoms with Gasteiger partial charge in [0, 0.05) is 4.88 Å². The predicted octanol–water partition coefficient (Wildman–Crippen LogP) is 2.01. The second-order valence-electron chi connectivity index (χ2n) is 5.87. The van der Waals surface area contributed by atoms with E-state index in [0.29, 0.717) is 20.9 Å². The molecule has 26 heavy (non-hydrogen) atoms. The van der Waals surface area contributed by atoms with Crippen LogP contribution in [0.2, 0.25) is 0 Å². The molecule has 0 spiro atoms. The number of amides is 1. The van der Waals surface area contributed by atoms with E-state index in [9.17, 15) is 14.4 Å². The van der Waals surface area contributed by atoms with Gasteiger partial charge in [0.25, 0.3) is 11.5 Å². The number of carbonyl (C=O) groups excluding carboxylic acids is 2. The summed E-state index contributed by atoms with van der Waals surface area (Å²) in [5, 5.41) is 4.95. The number of nitrogens with zero attached hydrogens (tertiary/aromatic N) is 1. The highest BCUT2D eigenvalue weighted by Crippen LogP contribution is 2.34. The molecule has 4 rings (SSSR count). The van der Waals surface area contributed by atoms with E-state index in [4.69, 9.17) is 4.74 Å². The van der Waals surface area contributed by atoms with Crippen LogP contribution in [0.4, 0.5) is 0 Å². The van der Waals surface area contributed by atoms with Crippen molar-refractivity contribution in [3.63, 3.8) is 0 Å². The summed E-state index contributed by atoms with van der Waals surface area (Å²) in [4.78, 5) is 45.4. The molecule has 7 nitrogen and oxygen atoms in total. The summed E-state index contributed by atoms with van der Waals surface area (Å²) in [6.07, 6.45) is 2.98. The first-order valence-corrected chi connectivity index (χ1v) is 9.82. The molecule has 1 aliphatic rings. The van der Waals surface area contributed by atoms with Crippen molar-refractivity contribution >= 4 is 44.8 Å². The average molecular weight is 389 g/mol. The number of fused-ring (bicyclic) bond motifs is 3. The van der Waals surface area contributed by atoms with Crippen molar-refractivity contribution in [2.75, 3.05) is 6.54 Å². The van der Waals surface area contributed by atoms with Crippen LogP contribution in [0.5, 0.6) is 0 Å². The fourth-order valence-electron chi connectivity index (χ4n) is 2.96. The third kappa shape index (κ3) is 3.27. The fraction of sp³-hybridized carbons (Fsp3) is 0.294. The van der Waals surface area contributed by atoms with Crippen LogP contribution < -0.4 is 10.9 Å². The van der Waals surface area contributed by atoms with Crippen LogP contribution in [0.3, 0.4) is 0 Å². The van der Waals surface area contributed by atoms with E-state index >= 15 is 0 Å². The van der Waals surface area contributed by atoms with Crippen LogP contribution in [0.15, 0.2) is 22.3 Å². The fourth-order valence-corrected chi connectivity index (χ4v) is 4.88. The molecule has 0 unspecified atom stereocenters. The maximum Gasteiger partial charge on any atom is 0.325 e. The third-order valence-electron chi connectivity index (χ3n) is 4.13. The number of hydrogen-bond donors (Lipinski definition) is 2. The molecule has 0 aromatic carbocycles. The highest BCUT2D eigenvalue weighted by molar-refractivity contribution is 7.18. The number of hydrogen-bond acceptors (Lipinski definition) is 7. The van der Waals surface area contributed by atoms with Gasteiger partial charge < -0.3 is 15.0 Å². The smallest absolute Gasteiger partial charge is 0.325 e. The minimum absolute atomic E-state index is 0.137. The Morgan fingerprint density at radius 2 is 2.23 bits per heavy atom. The van der Waals surface area contributed by atoms with Gasteiger partial charge in [0.05, 0.1) is 10.3 Å². The highest BCUT2D eigenvalue weighted by Gasteiger charge is 2.21. The lowest BCUT2D eigenvalue weighted by Crippen LogP contribution is -2.30. The number of nitrogens with one attached hydrogen (secondary N) is 2. The van der Waals surface area contributed by atoms with Crippen LogP contribution in [0.25, 0.3) is 10.2 Å². The second kappa shape index (κ2) is 7.00. The number of aryl methyl sites for hydroxylation is 2. The molecule has 0 saturated carbocycles. The largest absolute Gasteiger partial charge is 0.456 e. The second-order valence-corrected chi connectivity index (χ2v) is 7.90. The normalized spacial score (nSPS) is 12.9. The van der Waals surface area contributed by atoms with Crippen LogP contribution in [0, 0.1) is 0 Å². The highest BCUT2D eigenvalue weighted by atomic mass is 32.1. The predicted molar refractivity (Wildman–Crippen MR) is 98.7 cm³/mol. The van der Waals surface area contributed by atoms with Crippen molar-refractivity contribution in [1.29, 1.82) is 0 Å². The lowest BCUT2D eigenvalue weighted by atomic mass is 10.2. The van der Waals surface area contributed by atoms with Gasteiger partial charge in [-0.05, 0) is 36.3 Å². The lowest BCUT2D eigenvalue weighted by Gasteiger charge is -2.06. The molecule has 1 aliphatic carbocycles. The minimum Gasteiger partial charge on any atom is -0.456 e. The van der Waals surface area contributed by atoms with E-state index in [1.807, 2.05) is 0 Å². The molecule has 3 aromatic heterocycles. The van der Waals surface area contributed by atoms with Gasteiger partial charge in [-0.2, -0.15) is 0 Å². The molecule has 0 radical (unpaired) electrons. The summed E-state index contributed by atoms with van der Waals surface area (Å²) in [6, 6.07) is 3.43. The molecule has 9 heteroatoms. The number of aromatic nitrogens is 2. The van der Waals surface area contributed by atoms with E-state index in [1.165, 1.54) is 27.6 Å². The van der Waals surface area contributed by atoms with E-state index in [-0.39, 0.29) is 24.6 Å². The SMILES string of the molecule is O=C(CNC(=O)c1cccs1)OCc1nc2sc3c(c2c(=O)[nH]1)CCC3. The molecule has 0 atom stereocenters. The standard InChI is InChI=1S/C17H15N3O4S2/c21-13(7-18-15(22)11-5-2-6-25-11)24-8-12-19-16(23)14-9-3-1-4-10(9)26-17(14)20-12/h2,5-6H,1,3-4,7-8H2,(H,18,22)(H,19,20,23). The summed E-state index contributed by atoms with van der Waals surface area (Å²) in [6.45, 7) is -0.377. The number of carbonyl (C=O) groups is 2. The summed E-state index contributed by atoms with van der Waals surface area (Å²) < 4.78 is 5.10. The van der Waals surface area contributed by atoms with Gasteiger partial charge in [0.1, 0.15) is 23.8 Å². The summed E-state index contributed by atoms with van der Waals surface area (Å²) >= 11 is 2.83. The molecule has 3 aromatic rings. The molecule has 0 bridgehead atoms. The minimum atomic E-state index is -0.591. The van der Waals surface area contributed by atoms with E-state index in [1.54, 1.807) is 17.5 Å². The molecule has 134 valence electrons. The Labute approximate surface area is 156 Å². The van der Waals surface area contributed by atoms with Crippen molar-refractivity contribution in [3.05, 3.63) is 49.0 Å². The molecular formula is C17H15N3O4S2. The first kappa shape index (κ1) is 16.9. The maximum absolute atomic E-state index is 12.3. The zero-order valence-electron chi connectivity index (χ0n) is 13.7. The Hall–Kier alpha value is -2.52. The number of esters is 1. The van der Waals surface area contributed by atoms with E-state index in [2.05, 4.69) is 15.3 Å². The Morgan fingerprint density at radius 3 is 3.04 bits per heavy atom. The number of thiophene rings is 2. The Balaban J connectivity index is 1.38. The van der Waals surface area contributed by atoms with Gasteiger partial charge in [0.2, 0.25) is 0 Å². The van der Waals surface area contributed by atoms with Gasteiger partial charge >= 0.3 is 5.97 Å². The number of H-pyrrole nitrogens is 1. The monoisotopic (exact) mass is 389 g/mol. The molecule has 2 N–H and O–H groups in total. The topological polar surface area (TPSA) is 101 Å². The molecule has 0 saturated heterocycles. The zero-order valence-corrected chi connectivity index (χ0v) is 15.3. The lowest BCUT2D eigenvalue weighted by molar-refractivity contribution is -0.143. The van der Waals surface area contributed by atoms with Crippen molar-refractivity contribution in [1.82, 2.24) is 15.3 Å². The van der Waals surface area contributed by atoms with Crippen molar-refractivity contribution in [3.8, 4) is 0 Å². The molecule has 1 amide bonds. The van der Waals surface area contributed by atoms with Crippen molar-refractivity contribution in [2.45, 2.75) is 25.9 Å². The quantitative estimate of drug-likeness (QED) is 0.650. The average Bonchev–Trinajstić information content (AvgIpc) is 3.33. The first-order valence-electron chi connectivity index (χ1n) is 8.12. The van der Waals surface area contributed by atoms with Gasteiger partial charge in [-0.25, -0.2) is 4.98 Å². The van der Waals surface area contributed by atoms with Crippen molar-refractivity contribution in [2.24, 2.45) is 0 Å². The Morgan fingerprint density at radius 1 is 1.35 bits per heavy atom. The molecule has 0 aliphatic heterocycles. The Kier molecular flexibility index (Phi) is 4.56. The van der Waals surface area contributed by atoms with Crippen LogP contribution in [-0.2, 0) is 29.0 Å². The van der Waals surface area contributed by atoms with E-state index < -0.39 is 5.97 Å². The van der Waals surface area contributed by atoms with Crippen LogP contribution in [-0.4, -0.2) is 28.4 Å². The third-order valence-corrected chi connectivity index (χ3v) is 6.19. The zero-order chi connectivity index (χ0) is 18.1.